The first-order chi connectivity index (χ1) is 8.65. The minimum atomic E-state index is -0.110. The van der Waals surface area contributed by atoms with Gasteiger partial charge in [-0.25, -0.2) is 4.98 Å². The molecule has 0 saturated heterocycles. The van der Waals surface area contributed by atoms with Gasteiger partial charge in [-0.1, -0.05) is 0 Å². The van der Waals surface area contributed by atoms with Gasteiger partial charge in [0.25, 0.3) is 0 Å². The minimum absolute atomic E-state index is 0.110. The lowest BCUT2D eigenvalue weighted by Gasteiger charge is -2.12. The van der Waals surface area contributed by atoms with Crippen molar-refractivity contribution in [1.82, 2.24) is 4.98 Å². The van der Waals surface area contributed by atoms with Crippen molar-refractivity contribution < 1.29 is 9.21 Å². The highest BCUT2D eigenvalue weighted by Gasteiger charge is 2.06. The highest BCUT2D eigenvalue weighted by atomic mass is 16.3. The van der Waals surface area contributed by atoms with E-state index in [9.17, 15) is 4.79 Å². The Morgan fingerprint density at radius 2 is 2.06 bits per heavy atom. The van der Waals surface area contributed by atoms with Crippen molar-refractivity contribution in [2.24, 2.45) is 0 Å². The normalized spacial score (nSPS) is 10.1. The Labute approximate surface area is 105 Å². The molecule has 0 saturated carbocycles. The molecule has 94 valence electrons. The predicted molar refractivity (Wildman–Crippen MR) is 69.6 cm³/mol. The molecule has 1 aromatic heterocycles. The van der Waals surface area contributed by atoms with Gasteiger partial charge in [0.2, 0.25) is 5.91 Å². The topological polar surface area (TPSA) is 58.4 Å². The molecule has 0 unspecified atom stereocenters. The van der Waals surface area contributed by atoms with Gasteiger partial charge in [-0.3, -0.25) is 4.79 Å². The third-order valence-corrected chi connectivity index (χ3v) is 2.49. The number of hydrogen-bond donors (Lipinski definition) is 1. The van der Waals surface area contributed by atoms with Crippen LogP contribution in [0.1, 0.15) is 5.69 Å². The lowest BCUT2D eigenvalue weighted by atomic mass is 10.2. The standard InChI is InChI=1S/C13H15N3O2/c1-16(2)12-5-3-10(4-6-12)15-13(17)7-11-8-18-9-14-11/h3-6,8-9H,7H2,1-2H3,(H,15,17). The molecule has 1 N–H and O–H groups in total. The zero-order chi connectivity index (χ0) is 13.0. The Morgan fingerprint density at radius 3 is 2.61 bits per heavy atom. The first kappa shape index (κ1) is 12.2. The summed E-state index contributed by atoms with van der Waals surface area (Å²) < 4.78 is 4.81. The maximum Gasteiger partial charge on any atom is 0.230 e. The number of benzene rings is 1. The van der Waals surface area contributed by atoms with Crippen molar-refractivity contribution in [2.45, 2.75) is 6.42 Å². The quantitative estimate of drug-likeness (QED) is 0.894. The van der Waals surface area contributed by atoms with Crippen LogP contribution in [0.15, 0.2) is 41.3 Å². The SMILES string of the molecule is CN(C)c1ccc(NC(=O)Cc2cocn2)cc1. The molecule has 0 aliphatic rings. The molecule has 0 bridgehead atoms. The van der Waals surface area contributed by atoms with Crippen LogP contribution in [0.25, 0.3) is 0 Å². The number of rotatable bonds is 4. The molecule has 1 heterocycles. The number of anilines is 2. The molecular formula is C13H15N3O2. The second-order valence-electron chi connectivity index (χ2n) is 4.15. The van der Waals surface area contributed by atoms with Gasteiger partial charge < -0.3 is 14.6 Å². The van der Waals surface area contributed by atoms with Gasteiger partial charge in [0.15, 0.2) is 6.39 Å². The van der Waals surface area contributed by atoms with E-state index in [1.54, 1.807) is 0 Å². The van der Waals surface area contributed by atoms with Crippen molar-refractivity contribution in [2.75, 3.05) is 24.3 Å². The van der Waals surface area contributed by atoms with Crippen LogP contribution in [0, 0.1) is 0 Å². The fraction of sp³-hybridized carbons (Fsp3) is 0.231. The Balaban J connectivity index is 1.95. The zero-order valence-corrected chi connectivity index (χ0v) is 10.4. The van der Waals surface area contributed by atoms with Crippen LogP contribution < -0.4 is 10.2 Å². The molecule has 2 aromatic rings. The van der Waals surface area contributed by atoms with Crippen LogP contribution >= 0.6 is 0 Å². The molecule has 0 fully saturated rings. The van der Waals surface area contributed by atoms with Gasteiger partial charge in [-0.2, -0.15) is 0 Å². The number of carbonyl (C=O) groups is 1. The number of amides is 1. The Morgan fingerprint density at radius 1 is 1.33 bits per heavy atom. The number of nitrogens with one attached hydrogen (secondary N) is 1. The van der Waals surface area contributed by atoms with Gasteiger partial charge in [0, 0.05) is 25.5 Å². The lowest BCUT2D eigenvalue weighted by Crippen LogP contribution is -2.14. The number of hydrogen-bond acceptors (Lipinski definition) is 4. The second kappa shape index (κ2) is 5.35. The smallest absolute Gasteiger partial charge is 0.230 e. The van der Waals surface area contributed by atoms with Gasteiger partial charge in [-0.15, -0.1) is 0 Å². The number of aromatic nitrogens is 1. The van der Waals surface area contributed by atoms with Crippen LogP contribution in [0.4, 0.5) is 11.4 Å². The summed E-state index contributed by atoms with van der Waals surface area (Å²) in [7, 11) is 3.94. The Hall–Kier alpha value is -2.30. The van der Waals surface area contributed by atoms with Crippen LogP contribution in [0.5, 0.6) is 0 Å². The summed E-state index contributed by atoms with van der Waals surface area (Å²) in [6.07, 6.45) is 3.00. The van der Waals surface area contributed by atoms with Gasteiger partial charge in [0.1, 0.15) is 6.26 Å². The van der Waals surface area contributed by atoms with E-state index in [4.69, 9.17) is 4.42 Å². The number of oxazole rings is 1. The molecular weight excluding hydrogens is 230 g/mol. The van der Waals surface area contributed by atoms with Crippen molar-refractivity contribution in [3.8, 4) is 0 Å². The van der Waals surface area contributed by atoms with E-state index in [2.05, 4.69) is 10.3 Å². The first-order valence-corrected chi connectivity index (χ1v) is 5.59. The monoisotopic (exact) mass is 245 g/mol. The average molecular weight is 245 g/mol. The third-order valence-electron chi connectivity index (χ3n) is 2.49. The van der Waals surface area contributed by atoms with E-state index in [1.165, 1.54) is 12.7 Å². The lowest BCUT2D eigenvalue weighted by molar-refractivity contribution is -0.115. The van der Waals surface area contributed by atoms with E-state index >= 15 is 0 Å². The highest BCUT2D eigenvalue weighted by molar-refractivity contribution is 5.92. The second-order valence-corrected chi connectivity index (χ2v) is 4.15. The van der Waals surface area contributed by atoms with E-state index < -0.39 is 0 Å². The van der Waals surface area contributed by atoms with Gasteiger partial charge in [-0.05, 0) is 24.3 Å². The molecule has 1 amide bonds. The maximum absolute atomic E-state index is 11.7. The Kier molecular flexibility index (Phi) is 3.62. The fourth-order valence-corrected chi connectivity index (χ4v) is 1.54. The van der Waals surface area contributed by atoms with Crippen LogP contribution in [0.2, 0.25) is 0 Å². The number of carbonyl (C=O) groups excluding carboxylic acids is 1. The van der Waals surface area contributed by atoms with Crippen LogP contribution in [0.3, 0.4) is 0 Å². The average Bonchev–Trinajstić information content (AvgIpc) is 2.82. The summed E-state index contributed by atoms with van der Waals surface area (Å²) in [5, 5.41) is 2.81. The molecule has 0 atom stereocenters. The predicted octanol–water partition coefficient (Wildman–Crippen LogP) is 1.92. The fourth-order valence-electron chi connectivity index (χ4n) is 1.54. The number of nitrogens with zero attached hydrogens (tertiary/aromatic N) is 2. The molecule has 2 rings (SSSR count). The van der Waals surface area contributed by atoms with Crippen molar-refractivity contribution in [3.63, 3.8) is 0 Å². The molecule has 18 heavy (non-hydrogen) atoms. The summed E-state index contributed by atoms with van der Waals surface area (Å²) in [4.78, 5) is 17.6. The van der Waals surface area contributed by atoms with Crippen LogP contribution in [-0.4, -0.2) is 25.0 Å². The molecule has 0 spiro atoms. The van der Waals surface area contributed by atoms with Gasteiger partial charge in [0.05, 0.1) is 12.1 Å². The first-order valence-electron chi connectivity index (χ1n) is 5.59. The molecule has 5 heteroatoms. The highest BCUT2D eigenvalue weighted by Crippen LogP contribution is 2.15. The van der Waals surface area contributed by atoms with Crippen molar-refractivity contribution >= 4 is 17.3 Å². The maximum atomic E-state index is 11.7. The van der Waals surface area contributed by atoms with E-state index in [0.717, 1.165) is 11.4 Å². The summed E-state index contributed by atoms with van der Waals surface area (Å²) in [6.45, 7) is 0. The Bertz CT molecular complexity index is 504. The van der Waals surface area contributed by atoms with Gasteiger partial charge >= 0.3 is 0 Å². The van der Waals surface area contributed by atoms with E-state index in [1.807, 2.05) is 43.3 Å². The van der Waals surface area contributed by atoms with Crippen molar-refractivity contribution in [1.29, 1.82) is 0 Å². The largest absolute Gasteiger partial charge is 0.451 e. The molecule has 1 aromatic carbocycles. The summed E-state index contributed by atoms with van der Waals surface area (Å²) in [5.74, 6) is -0.110. The van der Waals surface area contributed by atoms with E-state index in [0.29, 0.717) is 5.69 Å². The van der Waals surface area contributed by atoms with Crippen LogP contribution in [-0.2, 0) is 11.2 Å². The minimum Gasteiger partial charge on any atom is -0.451 e. The molecule has 0 aliphatic heterocycles. The molecule has 0 radical (unpaired) electrons. The third kappa shape index (κ3) is 3.10. The van der Waals surface area contributed by atoms with E-state index in [-0.39, 0.29) is 12.3 Å². The molecule has 5 nitrogen and oxygen atoms in total. The summed E-state index contributed by atoms with van der Waals surface area (Å²) >= 11 is 0. The molecule has 0 aliphatic carbocycles. The zero-order valence-electron chi connectivity index (χ0n) is 10.4. The summed E-state index contributed by atoms with van der Waals surface area (Å²) in [6, 6.07) is 7.64. The van der Waals surface area contributed by atoms with Crippen molar-refractivity contribution in [3.05, 3.63) is 42.6 Å². The summed E-state index contributed by atoms with van der Waals surface area (Å²) in [5.41, 5.74) is 2.48.